The minimum atomic E-state index is 1.11. The van der Waals surface area contributed by atoms with E-state index in [-0.39, 0.29) is 0 Å². The Labute approximate surface area is 311 Å². The van der Waals surface area contributed by atoms with Gasteiger partial charge in [-0.15, -0.1) is 0 Å². The van der Waals surface area contributed by atoms with Crippen molar-refractivity contribution in [3.8, 4) is 55.6 Å². The van der Waals surface area contributed by atoms with Crippen molar-refractivity contribution in [1.82, 2.24) is 0 Å². The van der Waals surface area contributed by atoms with Gasteiger partial charge in [-0.05, 0) is 115 Å². The maximum atomic E-state index is 2.34. The van der Waals surface area contributed by atoms with Crippen molar-refractivity contribution in [2.45, 2.75) is 0 Å². The van der Waals surface area contributed by atoms with E-state index in [4.69, 9.17) is 0 Å². The summed E-state index contributed by atoms with van der Waals surface area (Å²) in [5, 5.41) is 2.46. The van der Waals surface area contributed by atoms with Crippen molar-refractivity contribution in [3.63, 3.8) is 0 Å². The maximum absolute atomic E-state index is 2.34. The lowest BCUT2D eigenvalue weighted by Crippen LogP contribution is -2.09. The summed E-state index contributed by atoms with van der Waals surface area (Å²) in [7, 11) is 0. The van der Waals surface area contributed by atoms with Gasteiger partial charge in [0.1, 0.15) is 0 Å². The topological polar surface area (TPSA) is 3.24 Å². The van der Waals surface area contributed by atoms with E-state index >= 15 is 0 Å². The predicted molar refractivity (Wildman–Crippen MR) is 226 cm³/mol. The summed E-state index contributed by atoms with van der Waals surface area (Å²) in [4.78, 5) is 2.34. The minimum absolute atomic E-state index is 1.11. The lowest BCUT2D eigenvalue weighted by molar-refractivity contribution is 1.28. The summed E-state index contributed by atoms with van der Waals surface area (Å²) in [6, 6.07) is 80.7. The largest absolute Gasteiger partial charge is 0.311 e. The first-order valence-corrected chi connectivity index (χ1v) is 18.2. The van der Waals surface area contributed by atoms with Gasteiger partial charge in [-0.25, -0.2) is 0 Å². The molecule has 0 heterocycles. The number of anilines is 3. The van der Waals surface area contributed by atoms with Crippen LogP contribution in [0.3, 0.4) is 0 Å². The van der Waals surface area contributed by atoms with E-state index in [1.54, 1.807) is 0 Å². The van der Waals surface area contributed by atoms with E-state index in [0.29, 0.717) is 0 Å². The van der Waals surface area contributed by atoms with Gasteiger partial charge in [0.15, 0.2) is 0 Å². The highest BCUT2D eigenvalue weighted by molar-refractivity contribution is 5.94. The van der Waals surface area contributed by atoms with Gasteiger partial charge in [0.25, 0.3) is 0 Å². The Bertz CT molecular complexity index is 2530. The third-order valence-corrected chi connectivity index (χ3v) is 10.1. The van der Waals surface area contributed by atoms with E-state index in [9.17, 15) is 0 Å². The molecular formula is C52H37N. The van der Waals surface area contributed by atoms with Gasteiger partial charge >= 0.3 is 0 Å². The summed E-state index contributed by atoms with van der Waals surface area (Å²) >= 11 is 0. The van der Waals surface area contributed by atoms with Gasteiger partial charge in [-0.2, -0.15) is 0 Å². The molecule has 250 valence electrons. The first kappa shape index (κ1) is 32.0. The molecule has 0 atom stereocenters. The van der Waals surface area contributed by atoms with Crippen LogP contribution in [-0.4, -0.2) is 0 Å². The molecule has 0 unspecified atom stereocenters. The second-order valence-corrected chi connectivity index (χ2v) is 13.4. The van der Waals surface area contributed by atoms with Gasteiger partial charge in [0.2, 0.25) is 0 Å². The molecule has 0 amide bonds. The number of nitrogens with zero attached hydrogens (tertiary/aromatic N) is 1. The van der Waals surface area contributed by atoms with Crippen molar-refractivity contribution in [2.24, 2.45) is 0 Å². The zero-order chi connectivity index (χ0) is 35.4. The number of rotatable bonds is 8. The predicted octanol–water partition coefficient (Wildman–Crippen LogP) is 14.6. The number of benzene rings is 9. The molecule has 9 rings (SSSR count). The minimum Gasteiger partial charge on any atom is -0.311 e. The molecule has 0 fully saturated rings. The lowest BCUT2D eigenvalue weighted by Gasteiger charge is -2.26. The van der Waals surface area contributed by atoms with Crippen molar-refractivity contribution in [2.75, 3.05) is 4.90 Å². The molecule has 0 aliphatic heterocycles. The third-order valence-electron chi connectivity index (χ3n) is 10.1. The molecule has 0 radical (unpaired) electrons. The Morgan fingerprint density at radius 1 is 0.208 bits per heavy atom. The molecular weight excluding hydrogens is 639 g/mol. The van der Waals surface area contributed by atoms with E-state index in [2.05, 4.69) is 229 Å². The van der Waals surface area contributed by atoms with Crippen LogP contribution in [0.15, 0.2) is 224 Å². The van der Waals surface area contributed by atoms with Crippen LogP contribution < -0.4 is 4.90 Å². The van der Waals surface area contributed by atoms with Crippen LogP contribution in [0.25, 0.3) is 66.4 Å². The van der Waals surface area contributed by atoms with Gasteiger partial charge in [0, 0.05) is 17.1 Å². The van der Waals surface area contributed by atoms with Crippen LogP contribution in [0.1, 0.15) is 0 Å². The molecule has 0 spiro atoms. The fourth-order valence-electron chi connectivity index (χ4n) is 7.32. The summed E-state index contributed by atoms with van der Waals surface area (Å²) in [6.07, 6.45) is 0. The van der Waals surface area contributed by atoms with Gasteiger partial charge in [-0.1, -0.05) is 176 Å². The molecule has 0 N–H and O–H groups in total. The Balaban J connectivity index is 1.06. The molecule has 0 bridgehead atoms. The van der Waals surface area contributed by atoms with Crippen LogP contribution in [0.2, 0.25) is 0 Å². The molecule has 0 saturated heterocycles. The average Bonchev–Trinajstić information content (AvgIpc) is 3.25. The lowest BCUT2D eigenvalue weighted by atomic mass is 9.92. The van der Waals surface area contributed by atoms with Crippen LogP contribution in [-0.2, 0) is 0 Å². The Morgan fingerprint density at radius 3 is 1.00 bits per heavy atom. The van der Waals surface area contributed by atoms with E-state index in [1.165, 1.54) is 66.4 Å². The zero-order valence-corrected chi connectivity index (χ0v) is 29.3. The number of hydrogen-bond acceptors (Lipinski definition) is 1. The van der Waals surface area contributed by atoms with Gasteiger partial charge < -0.3 is 4.90 Å². The summed E-state index contributed by atoms with van der Waals surface area (Å²) < 4.78 is 0. The smallest absolute Gasteiger partial charge is 0.0462 e. The molecule has 0 saturated carbocycles. The van der Waals surface area contributed by atoms with E-state index < -0.39 is 0 Å². The molecule has 1 heteroatoms. The van der Waals surface area contributed by atoms with E-state index in [1.807, 2.05) is 0 Å². The van der Waals surface area contributed by atoms with Crippen LogP contribution >= 0.6 is 0 Å². The fraction of sp³-hybridized carbons (Fsp3) is 0. The average molecular weight is 676 g/mol. The maximum Gasteiger partial charge on any atom is 0.0462 e. The standard InChI is InChI=1S/C52H37N/c1-4-12-38(13-5-1)40-24-30-48(31-25-40)53(49-32-26-41(27-33-49)39-14-6-2-7-15-39)50-34-28-42(29-35-50)45-22-20-43-21-23-46(37-47(43)36-45)52-19-11-10-18-51(52)44-16-8-3-9-17-44/h1-37H. The molecule has 1 nitrogen and oxygen atoms in total. The van der Waals surface area contributed by atoms with Crippen LogP contribution in [0.4, 0.5) is 17.1 Å². The highest BCUT2D eigenvalue weighted by atomic mass is 15.1. The Hall–Kier alpha value is -6.96. The molecule has 9 aromatic rings. The monoisotopic (exact) mass is 675 g/mol. The highest BCUT2D eigenvalue weighted by Crippen LogP contribution is 2.39. The van der Waals surface area contributed by atoms with Crippen molar-refractivity contribution >= 4 is 27.8 Å². The van der Waals surface area contributed by atoms with Crippen molar-refractivity contribution in [1.29, 1.82) is 0 Å². The Kier molecular flexibility index (Phi) is 8.66. The van der Waals surface area contributed by atoms with Gasteiger partial charge in [0.05, 0.1) is 0 Å². The molecule has 53 heavy (non-hydrogen) atoms. The van der Waals surface area contributed by atoms with Crippen LogP contribution in [0.5, 0.6) is 0 Å². The van der Waals surface area contributed by atoms with Crippen molar-refractivity contribution in [3.05, 3.63) is 224 Å². The third kappa shape index (κ3) is 6.65. The molecule has 0 aromatic heterocycles. The number of fused-ring (bicyclic) bond motifs is 1. The molecule has 0 aliphatic carbocycles. The number of hydrogen-bond donors (Lipinski definition) is 0. The fourth-order valence-corrected chi connectivity index (χ4v) is 7.32. The zero-order valence-electron chi connectivity index (χ0n) is 29.3. The first-order valence-electron chi connectivity index (χ1n) is 18.2. The van der Waals surface area contributed by atoms with Crippen molar-refractivity contribution < 1.29 is 0 Å². The summed E-state index contributed by atoms with van der Waals surface area (Å²) in [6.45, 7) is 0. The quantitative estimate of drug-likeness (QED) is 0.155. The van der Waals surface area contributed by atoms with E-state index in [0.717, 1.165) is 17.1 Å². The second kappa shape index (κ2) is 14.3. The second-order valence-electron chi connectivity index (χ2n) is 13.4. The normalized spacial score (nSPS) is 11.0. The van der Waals surface area contributed by atoms with Gasteiger partial charge in [-0.3, -0.25) is 0 Å². The summed E-state index contributed by atoms with van der Waals surface area (Å²) in [5.41, 5.74) is 15.5. The first-order chi connectivity index (χ1) is 26.3. The summed E-state index contributed by atoms with van der Waals surface area (Å²) in [5.74, 6) is 0. The molecule has 9 aromatic carbocycles. The Morgan fingerprint density at radius 2 is 0.528 bits per heavy atom. The SMILES string of the molecule is c1ccc(-c2ccc(N(c3ccc(-c4ccccc4)cc3)c3ccc(-c4ccc5ccc(-c6ccccc6-c6ccccc6)cc5c4)cc3)cc2)cc1. The highest BCUT2D eigenvalue weighted by Gasteiger charge is 2.14. The molecule has 0 aliphatic rings. The van der Waals surface area contributed by atoms with Crippen LogP contribution in [0, 0.1) is 0 Å².